The summed E-state index contributed by atoms with van der Waals surface area (Å²) >= 11 is 0. The van der Waals surface area contributed by atoms with E-state index in [-0.39, 0.29) is 0 Å². The second kappa shape index (κ2) is 6.19. The quantitative estimate of drug-likeness (QED) is 0.831. The Hall–Kier alpha value is -1.67. The third-order valence-corrected chi connectivity index (χ3v) is 4.15. The first-order valence-corrected chi connectivity index (χ1v) is 7.53. The average Bonchev–Trinajstić information content (AvgIpc) is 2.49. The van der Waals surface area contributed by atoms with Gasteiger partial charge in [-0.25, -0.2) is 0 Å². The van der Waals surface area contributed by atoms with E-state index in [2.05, 4.69) is 59.3 Å². The molecule has 2 aromatic rings. The van der Waals surface area contributed by atoms with E-state index < -0.39 is 0 Å². The van der Waals surface area contributed by atoms with Crippen molar-refractivity contribution in [3.63, 3.8) is 0 Å². The summed E-state index contributed by atoms with van der Waals surface area (Å²) < 4.78 is 0. The molecule has 3 rings (SSSR count). The van der Waals surface area contributed by atoms with Crippen LogP contribution in [0.5, 0.6) is 0 Å². The Bertz CT molecular complexity index is 550. The molecule has 2 heterocycles. The molecule has 0 radical (unpaired) electrons. The summed E-state index contributed by atoms with van der Waals surface area (Å²) in [6, 6.07) is 15.8. The largest absolute Gasteiger partial charge is 0.292 e. The number of pyridine rings is 1. The SMILES string of the molecule is Cc1cc(C2CCCCN2Cc2ccccc2)ccn1. The van der Waals surface area contributed by atoms with Gasteiger partial charge in [0.25, 0.3) is 0 Å². The highest BCUT2D eigenvalue weighted by molar-refractivity contribution is 5.21. The molecule has 2 heteroatoms. The molecule has 0 aliphatic carbocycles. The van der Waals surface area contributed by atoms with Crippen molar-refractivity contribution >= 4 is 0 Å². The van der Waals surface area contributed by atoms with E-state index in [9.17, 15) is 0 Å². The molecule has 2 nitrogen and oxygen atoms in total. The van der Waals surface area contributed by atoms with E-state index in [0.29, 0.717) is 6.04 Å². The lowest BCUT2D eigenvalue weighted by Gasteiger charge is -2.36. The number of rotatable bonds is 3. The predicted octanol–water partition coefficient (Wildman–Crippen LogP) is 4.12. The first-order valence-electron chi connectivity index (χ1n) is 7.53. The molecular weight excluding hydrogens is 244 g/mol. The van der Waals surface area contributed by atoms with Crippen LogP contribution < -0.4 is 0 Å². The Labute approximate surface area is 121 Å². The van der Waals surface area contributed by atoms with Gasteiger partial charge in [-0.2, -0.15) is 0 Å². The number of piperidine rings is 1. The van der Waals surface area contributed by atoms with Gasteiger partial charge in [0.15, 0.2) is 0 Å². The molecule has 0 spiro atoms. The third kappa shape index (κ3) is 3.07. The number of aryl methyl sites for hydroxylation is 1. The van der Waals surface area contributed by atoms with Gasteiger partial charge in [-0.15, -0.1) is 0 Å². The van der Waals surface area contributed by atoms with Crippen LogP contribution in [0, 0.1) is 6.92 Å². The van der Waals surface area contributed by atoms with Gasteiger partial charge in [0.2, 0.25) is 0 Å². The summed E-state index contributed by atoms with van der Waals surface area (Å²) in [4.78, 5) is 6.94. The van der Waals surface area contributed by atoms with Crippen molar-refractivity contribution in [3.8, 4) is 0 Å². The minimum absolute atomic E-state index is 0.547. The Morgan fingerprint density at radius 1 is 1.15 bits per heavy atom. The Balaban J connectivity index is 1.80. The molecule has 1 saturated heterocycles. The average molecular weight is 266 g/mol. The number of hydrogen-bond acceptors (Lipinski definition) is 2. The van der Waals surface area contributed by atoms with Crippen molar-refractivity contribution in [2.75, 3.05) is 6.54 Å². The highest BCUT2D eigenvalue weighted by atomic mass is 15.2. The van der Waals surface area contributed by atoms with E-state index >= 15 is 0 Å². The fourth-order valence-corrected chi connectivity index (χ4v) is 3.15. The van der Waals surface area contributed by atoms with Crippen LogP contribution in [0.25, 0.3) is 0 Å². The maximum atomic E-state index is 4.33. The number of likely N-dealkylation sites (tertiary alicyclic amines) is 1. The molecule has 1 aromatic carbocycles. The predicted molar refractivity (Wildman–Crippen MR) is 82.4 cm³/mol. The molecule has 1 aromatic heterocycles. The smallest absolute Gasteiger partial charge is 0.0375 e. The van der Waals surface area contributed by atoms with E-state index in [1.807, 2.05) is 6.20 Å². The molecular formula is C18H22N2. The molecule has 1 unspecified atom stereocenters. The third-order valence-electron chi connectivity index (χ3n) is 4.15. The van der Waals surface area contributed by atoms with Crippen LogP contribution in [0.3, 0.4) is 0 Å². The number of benzene rings is 1. The van der Waals surface area contributed by atoms with Gasteiger partial charge in [0.05, 0.1) is 0 Å². The van der Waals surface area contributed by atoms with Crippen molar-refractivity contribution in [1.29, 1.82) is 0 Å². The molecule has 104 valence electrons. The first kappa shape index (κ1) is 13.3. The van der Waals surface area contributed by atoms with Crippen molar-refractivity contribution in [3.05, 3.63) is 65.5 Å². The monoisotopic (exact) mass is 266 g/mol. The molecule has 1 aliphatic heterocycles. The summed E-state index contributed by atoms with van der Waals surface area (Å²) in [5.74, 6) is 0. The van der Waals surface area contributed by atoms with Gasteiger partial charge in [-0.05, 0) is 49.6 Å². The van der Waals surface area contributed by atoms with Gasteiger partial charge in [0.1, 0.15) is 0 Å². The molecule has 1 aliphatic rings. The van der Waals surface area contributed by atoms with Crippen LogP contribution in [0.2, 0.25) is 0 Å². The van der Waals surface area contributed by atoms with Crippen LogP contribution in [0.15, 0.2) is 48.7 Å². The van der Waals surface area contributed by atoms with Crippen molar-refractivity contribution in [2.24, 2.45) is 0 Å². The van der Waals surface area contributed by atoms with Gasteiger partial charge < -0.3 is 0 Å². The summed E-state index contributed by atoms with van der Waals surface area (Å²) in [6.45, 7) is 4.32. The zero-order valence-corrected chi connectivity index (χ0v) is 12.1. The lowest BCUT2D eigenvalue weighted by molar-refractivity contribution is 0.140. The van der Waals surface area contributed by atoms with E-state index in [1.165, 1.54) is 36.9 Å². The van der Waals surface area contributed by atoms with Crippen LogP contribution in [-0.2, 0) is 6.54 Å². The fraction of sp³-hybridized carbons (Fsp3) is 0.389. The van der Waals surface area contributed by atoms with Crippen LogP contribution in [-0.4, -0.2) is 16.4 Å². The van der Waals surface area contributed by atoms with Gasteiger partial charge >= 0.3 is 0 Å². The molecule has 0 amide bonds. The molecule has 0 N–H and O–H groups in total. The van der Waals surface area contributed by atoms with Crippen LogP contribution >= 0.6 is 0 Å². The first-order chi connectivity index (χ1) is 9.83. The number of aromatic nitrogens is 1. The minimum atomic E-state index is 0.547. The summed E-state index contributed by atoms with van der Waals surface area (Å²) in [5.41, 5.74) is 3.95. The minimum Gasteiger partial charge on any atom is -0.292 e. The highest BCUT2D eigenvalue weighted by Crippen LogP contribution is 2.32. The Morgan fingerprint density at radius 3 is 2.80 bits per heavy atom. The van der Waals surface area contributed by atoms with Crippen molar-refractivity contribution in [1.82, 2.24) is 9.88 Å². The number of nitrogens with zero attached hydrogens (tertiary/aromatic N) is 2. The second-order valence-electron chi connectivity index (χ2n) is 5.70. The van der Waals surface area contributed by atoms with Crippen molar-refractivity contribution < 1.29 is 0 Å². The molecule has 20 heavy (non-hydrogen) atoms. The zero-order valence-electron chi connectivity index (χ0n) is 12.1. The molecule has 0 bridgehead atoms. The number of hydrogen-bond donors (Lipinski definition) is 0. The Kier molecular flexibility index (Phi) is 4.12. The maximum Gasteiger partial charge on any atom is 0.0375 e. The maximum absolute atomic E-state index is 4.33. The lowest BCUT2D eigenvalue weighted by Crippen LogP contribution is -2.33. The van der Waals surface area contributed by atoms with E-state index in [4.69, 9.17) is 0 Å². The standard InChI is InChI=1S/C18H22N2/c1-15-13-17(10-11-19-15)18-9-5-6-12-20(18)14-16-7-3-2-4-8-16/h2-4,7-8,10-11,13,18H,5-6,9,12,14H2,1H3. The summed E-state index contributed by atoms with van der Waals surface area (Å²) in [7, 11) is 0. The lowest BCUT2D eigenvalue weighted by atomic mass is 9.95. The van der Waals surface area contributed by atoms with E-state index in [0.717, 1.165) is 12.2 Å². The summed E-state index contributed by atoms with van der Waals surface area (Å²) in [6.07, 6.45) is 5.85. The Morgan fingerprint density at radius 2 is 2.00 bits per heavy atom. The topological polar surface area (TPSA) is 16.1 Å². The highest BCUT2D eigenvalue weighted by Gasteiger charge is 2.23. The zero-order chi connectivity index (χ0) is 13.8. The second-order valence-corrected chi connectivity index (χ2v) is 5.70. The normalized spacial score (nSPS) is 19.9. The molecule has 0 saturated carbocycles. The fourth-order valence-electron chi connectivity index (χ4n) is 3.15. The molecule has 1 fully saturated rings. The van der Waals surface area contributed by atoms with Crippen LogP contribution in [0.4, 0.5) is 0 Å². The van der Waals surface area contributed by atoms with Gasteiger partial charge in [-0.3, -0.25) is 9.88 Å². The molecule has 1 atom stereocenters. The van der Waals surface area contributed by atoms with Gasteiger partial charge in [-0.1, -0.05) is 36.8 Å². The summed E-state index contributed by atoms with van der Waals surface area (Å²) in [5, 5.41) is 0. The van der Waals surface area contributed by atoms with Gasteiger partial charge in [0, 0.05) is 24.5 Å². The van der Waals surface area contributed by atoms with E-state index in [1.54, 1.807) is 0 Å². The van der Waals surface area contributed by atoms with Crippen molar-refractivity contribution in [2.45, 2.75) is 38.8 Å². The van der Waals surface area contributed by atoms with Crippen LogP contribution in [0.1, 0.15) is 42.1 Å².